The number of halogens is 2. The summed E-state index contributed by atoms with van der Waals surface area (Å²) in [6.07, 6.45) is 0. The van der Waals surface area contributed by atoms with Crippen molar-refractivity contribution in [3.63, 3.8) is 0 Å². The normalized spacial score (nSPS) is 11.2. The lowest BCUT2D eigenvalue weighted by atomic mass is 9.84. The van der Waals surface area contributed by atoms with Crippen LogP contribution < -0.4 is 4.74 Å². The molecule has 3 heteroatoms. The molecule has 0 fully saturated rings. The van der Waals surface area contributed by atoms with Crippen molar-refractivity contribution in [1.82, 2.24) is 0 Å². The van der Waals surface area contributed by atoms with Gasteiger partial charge in [-0.15, -0.1) is 11.6 Å². The number of rotatable bonds is 5. The maximum absolute atomic E-state index is 15.3. The predicted octanol–water partition coefficient (Wildman–Crippen LogP) is 7.15. The number of alkyl halides is 1. The van der Waals surface area contributed by atoms with Crippen LogP contribution in [0.5, 0.6) is 11.5 Å². The van der Waals surface area contributed by atoms with E-state index in [0.717, 1.165) is 11.1 Å². The monoisotopic (exact) mass is 388 g/mol. The molecule has 0 amide bonds. The molecule has 0 spiro atoms. The summed E-state index contributed by atoms with van der Waals surface area (Å²) in [4.78, 5) is -1.14. The molecule has 0 heterocycles. The van der Waals surface area contributed by atoms with Gasteiger partial charge in [-0.25, -0.2) is 4.39 Å². The predicted molar refractivity (Wildman–Crippen MR) is 112 cm³/mol. The first-order valence-corrected chi connectivity index (χ1v) is 9.38. The van der Waals surface area contributed by atoms with Crippen molar-refractivity contribution < 1.29 is 9.13 Å². The summed E-state index contributed by atoms with van der Waals surface area (Å²) in [7, 11) is 0. The van der Waals surface area contributed by atoms with E-state index < -0.39 is 10.7 Å². The second-order valence-electron chi connectivity index (χ2n) is 6.45. The zero-order chi connectivity index (χ0) is 19.4. The van der Waals surface area contributed by atoms with E-state index in [2.05, 4.69) is 0 Å². The lowest BCUT2D eigenvalue weighted by Crippen LogP contribution is -2.23. The molecular weight excluding hydrogens is 371 g/mol. The summed E-state index contributed by atoms with van der Waals surface area (Å²) in [6.45, 7) is 0. The largest absolute Gasteiger partial charge is 0.457 e. The van der Waals surface area contributed by atoms with Crippen molar-refractivity contribution in [1.29, 1.82) is 0 Å². The van der Waals surface area contributed by atoms with Crippen LogP contribution in [0.1, 0.15) is 16.7 Å². The van der Waals surface area contributed by atoms with E-state index in [-0.39, 0.29) is 0 Å². The molecule has 1 nitrogen and oxygen atoms in total. The number of para-hydroxylation sites is 1. The van der Waals surface area contributed by atoms with E-state index in [4.69, 9.17) is 16.3 Å². The molecule has 4 rings (SSSR count). The Hall–Kier alpha value is -3.10. The maximum atomic E-state index is 15.3. The fourth-order valence-corrected chi connectivity index (χ4v) is 3.68. The van der Waals surface area contributed by atoms with E-state index in [1.54, 1.807) is 12.1 Å². The number of hydrogen-bond donors (Lipinski definition) is 0. The van der Waals surface area contributed by atoms with Crippen LogP contribution in [0.25, 0.3) is 0 Å². The van der Waals surface area contributed by atoms with Crippen LogP contribution in [-0.2, 0) is 4.87 Å². The maximum Gasteiger partial charge on any atom is 0.132 e. The van der Waals surface area contributed by atoms with Crippen LogP contribution in [0.2, 0.25) is 0 Å². The summed E-state index contributed by atoms with van der Waals surface area (Å²) in [6, 6.07) is 33.2. The van der Waals surface area contributed by atoms with Gasteiger partial charge in [0.25, 0.3) is 0 Å². The summed E-state index contributed by atoms with van der Waals surface area (Å²) >= 11 is 7.15. The highest BCUT2D eigenvalue weighted by molar-refractivity contribution is 6.28. The minimum absolute atomic E-state index is 0.381. The smallest absolute Gasteiger partial charge is 0.132 e. The fourth-order valence-electron chi connectivity index (χ4n) is 3.28. The third kappa shape index (κ3) is 3.51. The van der Waals surface area contributed by atoms with Crippen molar-refractivity contribution in [3.05, 3.63) is 132 Å². The molecule has 4 aromatic rings. The van der Waals surface area contributed by atoms with Crippen LogP contribution in [0, 0.1) is 5.82 Å². The minimum Gasteiger partial charge on any atom is -0.457 e. The molecule has 0 saturated heterocycles. The Kier molecular flexibility index (Phi) is 5.14. The third-order valence-electron chi connectivity index (χ3n) is 4.63. The van der Waals surface area contributed by atoms with E-state index >= 15 is 4.39 Å². The van der Waals surface area contributed by atoms with Crippen LogP contribution in [0.3, 0.4) is 0 Å². The van der Waals surface area contributed by atoms with Crippen LogP contribution in [-0.4, -0.2) is 0 Å². The van der Waals surface area contributed by atoms with Gasteiger partial charge in [-0.2, -0.15) is 0 Å². The van der Waals surface area contributed by atoms with Crippen molar-refractivity contribution in [3.8, 4) is 11.5 Å². The zero-order valence-electron chi connectivity index (χ0n) is 15.1. The molecule has 0 saturated carbocycles. The molecule has 4 aromatic carbocycles. The van der Waals surface area contributed by atoms with Crippen molar-refractivity contribution in [2.24, 2.45) is 0 Å². The average molecular weight is 389 g/mol. The average Bonchev–Trinajstić information content (AvgIpc) is 2.75. The number of benzene rings is 4. The fraction of sp³-hybridized carbons (Fsp3) is 0.0400. The van der Waals surface area contributed by atoms with Gasteiger partial charge in [-0.05, 0) is 35.4 Å². The van der Waals surface area contributed by atoms with Crippen LogP contribution in [0.4, 0.5) is 4.39 Å². The molecule has 0 aromatic heterocycles. The zero-order valence-corrected chi connectivity index (χ0v) is 15.8. The topological polar surface area (TPSA) is 9.23 Å². The van der Waals surface area contributed by atoms with E-state index in [0.29, 0.717) is 17.1 Å². The highest BCUT2D eigenvalue weighted by atomic mass is 35.5. The lowest BCUT2D eigenvalue weighted by molar-refractivity contribution is 0.475. The molecule has 0 aliphatic carbocycles. The Morgan fingerprint density at radius 2 is 1.11 bits per heavy atom. The molecule has 28 heavy (non-hydrogen) atoms. The Balaban J connectivity index is 1.79. The summed E-state index contributed by atoms with van der Waals surface area (Å²) in [5.41, 5.74) is 1.99. The molecule has 0 aliphatic rings. The first-order valence-electron chi connectivity index (χ1n) is 9.01. The van der Waals surface area contributed by atoms with E-state index in [1.807, 2.05) is 91.0 Å². The lowest BCUT2D eigenvalue weighted by Gasteiger charge is -2.29. The Morgan fingerprint density at radius 1 is 0.607 bits per heavy atom. The second-order valence-corrected chi connectivity index (χ2v) is 7.01. The molecule has 0 atom stereocenters. The van der Waals surface area contributed by atoms with Gasteiger partial charge in [0.15, 0.2) is 0 Å². The van der Waals surface area contributed by atoms with E-state index in [1.165, 1.54) is 6.07 Å². The summed E-state index contributed by atoms with van der Waals surface area (Å²) in [5.74, 6) is 0.654. The van der Waals surface area contributed by atoms with Crippen molar-refractivity contribution >= 4 is 11.6 Å². The Morgan fingerprint density at radius 3 is 1.61 bits per heavy atom. The molecule has 138 valence electrons. The molecule has 0 radical (unpaired) electrons. The standard InChI is InChI=1S/C25H18ClFO/c26-25(19-10-4-1-5-11-19,20-12-6-2-7-13-20)23-17-16-22(18-24(23)27)28-21-14-8-3-9-15-21/h1-18H. The second kappa shape index (κ2) is 7.87. The van der Waals surface area contributed by atoms with Gasteiger partial charge in [-0.1, -0.05) is 78.9 Å². The van der Waals surface area contributed by atoms with Gasteiger partial charge >= 0.3 is 0 Å². The van der Waals surface area contributed by atoms with Gasteiger partial charge in [0.1, 0.15) is 22.2 Å². The van der Waals surface area contributed by atoms with Gasteiger partial charge in [-0.3, -0.25) is 0 Å². The van der Waals surface area contributed by atoms with Gasteiger partial charge in [0.2, 0.25) is 0 Å². The highest BCUT2D eigenvalue weighted by Gasteiger charge is 2.36. The van der Waals surface area contributed by atoms with Crippen molar-refractivity contribution in [2.45, 2.75) is 4.87 Å². The Labute approximate surface area is 169 Å². The Bertz CT molecular complexity index is 1010. The molecule has 0 aliphatic heterocycles. The number of ether oxygens (including phenoxy) is 1. The van der Waals surface area contributed by atoms with E-state index in [9.17, 15) is 0 Å². The van der Waals surface area contributed by atoms with Crippen LogP contribution >= 0.6 is 11.6 Å². The first kappa shape index (κ1) is 18.3. The van der Waals surface area contributed by atoms with Gasteiger partial charge in [0, 0.05) is 11.6 Å². The number of hydrogen-bond acceptors (Lipinski definition) is 1. The third-order valence-corrected chi connectivity index (χ3v) is 5.27. The van der Waals surface area contributed by atoms with Gasteiger partial charge < -0.3 is 4.74 Å². The SMILES string of the molecule is Fc1cc(Oc2ccccc2)ccc1C(Cl)(c1ccccc1)c1ccccc1. The molecule has 0 N–H and O–H groups in total. The van der Waals surface area contributed by atoms with Gasteiger partial charge in [0.05, 0.1) is 0 Å². The van der Waals surface area contributed by atoms with Crippen molar-refractivity contribution in [2.75, 3.05) is 0 Å². The summed E-state index contributed by atoms with van der Waals surface area (Å²) in [5, 5.41) is 0. The molecule has 0 unspecified atom stereocenters. The summed E-state index contributed by atoms with van der Waals surface area (Å²) < 4.78 is 21.0. The molecular formula is C25H18ClFO. The minimum atomic E-state index is -1.14. The van der Waals surface area contributed by atoms with Crippen LogP contribution in [0.15, 0.2) is 109 Å². The first-order chi connectivity index (χ1) is 13.7. The quantitative estimate of drug-likeness (QED) is 0.260. The highest BCUT2D eigenvalue weighted by Crippen LogP contribution is 2.44. The molecule has 0 bridgehead atoms.